The first kappa shape index (κ1) is 11.9. The molecule has 0 aromatic heterocycles. The van der Waals surface area contributed by atoms with Crippen molar-refractivity contribution in [3.05, 3.63) is 0 Å². The van der Waals surface area contributed by atoms with E-state index in [1.807, 2.05) is 32.8 Å². The molecule has 1 amide bonds. The molecule has 0 spiro atoms. The number of rotatable bonds is 3. The van der Waals surface area contributed by atoms with Crippen LogP contribution in [-0.4, -0.2) is 42.3 Å². The molecular formula is C9H19N3O. The summed E-state index contributed by atoms with van der Waals surface area (Å²) in [6, 6.07) is 0. The lowest BCUT2D eigenvalue weighted by Crippen LogP contribution is -2.29. The van der Waals surface area contributed by atoms with Crippen molar-refractivity contribution < 1.29 is 4.79 Å². The molecule has 0 rings (SSSR count). The van der Waals surface area contributed by atoms with Gasteiger partial charge in [0.25, 0.3) is 0 Å². The Morgan fingerprint density at radius 3 is 2.15 bits per heavy atom. The van der Waals surface area contributed by atoms with E-state index in [-0.39, 0.29) is 5.91 Å². The molecule has 0 aliphatic carbocycles. The summed E-state index contributed by atoms with van der Waals surface area (Å²) in [7, 11) is 3.81. The van der Waals surface area contributed by atoms with Crippen molar-refractivity contribution in [2.45, 2.75) is 27.2 Å². The minimum atomic E-state index is -0.0111. The smallest absolute Gasteiger partial charge is 0.239 e. The third-order valence-electron chi connectivity index (χ3n) is 1.71. The molecule has 0 saturated carbocycles. The Labute approximate surface area is 80.2 Å². The molecule has 0 aromatic carbocycles. The average molecular weight is 185 g/mol. The molecule has 0 bridgehead atoms. The average Bonchev–Trinajstić information content (AvgIpc) is 2.03. The summed E-state index contributed by atoms with van der Waals surface area (Å²) >= 11 is 0. The minimum absolute atomic E-state index is 0.0111. The van der Waals surface area contributed by atoms with Gasteiger partial charge in [0.15, 0.2) is 0 Å². The van der Waals surface area contributed by atoms with Gasteiger partial charge in [-0.15, -0.1) is 0 Å². The normalized spacial score (nSPS) is 11.3. The Morgan fingerprint density at radius 2 is 1.85 bits per heavy atom. The quantitative estimate of drug-likeness (QED) is 0.375. The van der Waals surface area contributed by atoms with Gasteiger partial charge in [0.1, 0.15) is 5.84 Å². The van der Waals surface area contributed by atoms with Crippen LogP contribution in [0.25, 0.3) is 0 Å². The Kier molecular flexibility index (Phi) is 5.11. The van der Waals surface area contributed by atoms with E-state index in [0.29, 0.717) is 6.54 Å². The second-order valence-electron chi connectivity index (χ2n) is 3.18. The van der Waals surface area contributed by atoms with Crippen molar-refractivity contribution in [2.24, 2.45) is 5.10 Å². The van der Waals surface area contributed by atoms with E-state index in [9.17, 15) is 4.79 Å². The van der Waals surface area contributed by atoms with Crippen LogP contribution in [0.2, 0.25) is 0 Å². The largest absolute Gasteiger partial charge is 0.365 e. The van der Waals surface area contributed by atoms with Gasteiger partial charge in [-0.2, -0.15) is 5.10 Å². The van der Waals surface area contributed by atoms with Crippen LogP contribution in [0.4, 0.5) is 0 Å². The van der Waals surface area contributed by atoms with Gasteiger partial charge in [0, 0.05) is 27.6 Å². The van der Waals surface area contributed by atoms with E-state index in [0.717, 1.165) is 12.3 Å². The molecule has 4 heteroatoms. The van der Waals surface area contributed by atoms with Crippen LogP contribution in [0.5, 0.6) is 0 Å². The molecule has 0 aromatic rings. The van der Waals surface area contributed by atoms with E-state index in [1.54, 1.807) is 0 Å². The lowest BCUT2D eigenvalue weighted by atomic mass is 10.4. The van der Waals surface area contributed by atoms with Crippen LogP contribution >= 0.6 is 0 Å². The van der Waals surface area contributed by atoms with Gasteiger partial charge >= 0.3 is 0 Å². The standard InChI is InChI=1S/C9H19N3O/c1-6-7-12(9(3)13)10-8(2)11(4)5/h6-7H2,1-5H3/b10-8+. The third kappa shape index (κ3) is 4.50. The fraction of sp³-hybridized carbons (Fsp3) is 0.778. The van der Waals surface area contributed by atoms with E-state index in [4.69, 9.17) is 0 Å². The fourth-order valence-corrected chi connectivity index (χ4v) is 0.754. The molecule has 4 nitrogen and oxygen atoms in total. The highest BCUT2D eigenvalue weighted by Gasteiger charge is 2.06. The molecule has 0 unspecified atom stereocenters. The van der Waals surface area contributed by atoms with Crippen molar-refractivity contribution in [3.8, 4) is 0 Å². The second kappa shape index (κ2) is 5.56. The SMILES string of the molecule is CCCN(/N=C(\C)N(C)C)C(C)=O. The minimum Gasteiger partial charge on any atom is -0.365 e. The van der Waals surface area contributed by atoms with Gasteiger partial charge < -0.3 is 4.90 Å². The monoisotopic (exact) mass is 185 g/mol. The molecule has 0 saturated heterocycles. The highest BCUT2D eigenvalue weighted by atomic mass is 16.2. The number of nitrogens with zero attached hydrogens (tertiary/aromatic N) is 3. The van der Waals surface area contributed by atoms with Gasteiger partial charge in [-0.05, 0) is 13.3 Å². The Morgan fingerprint density at radius 1 is 1.31 bits per heavy atom. The maximum atomic E-state index is 11.1. The zero-order valence-electron chi connectivity index (χ0n) is 9.16. The zero-order chi connectivity index (χ0) is 10.4. The Balaban J connectivity index is 4.39. The van der Waals surface area contributed by atoms with E-state index >= 15 is 0 Å². The Hall–Kier alpha value is -1.06. The fourth-order valence-electron chi connectivity index (χ4n) is 0.754. The van der Waals surface area contributed by atoms with Crippen molar-refractivity contribution >= 4 is 11.7 Å². The lowest BCUT2D eigenvalue weighted by molar-refractivity contribution is -0.128. The van der Waals surface area contributed by atoms with Crippen LogP contribution in [0.1, 0.15) is 27.2 Å². The van der Waals surface area contributed by atoms with Crippen molar-refractivity contribution in [1.82, 2.24) is 9.91 Å². The molecule has 13 heavy (non-hydrogen) atoms. The summed E-state index contributed by atoms with van der Waals surface area (Å²) in [6.07, 6.45) is 0.920. The number of hydrazone groups is 1. The first-order chi connectivity index (χ1) is 5.99. The summed E-state index contributed by atoms with van der Waals surface area (Å²) in [6.45, 7) is 6.12. The molecule has 0 aliphatic rings. The number of amidine groups is 1. The zero-order valence-corrected chi connectivity index (χ0v) is 9.16. The highest BCUT2D eigenvalue weighted by molar-refractivity contribution is 5.81. The van der Waals surface area contributed by atoms with Crippen LogP contribution in [0.15, 0.2) is 5.10 Å². The van der Waals surface area contributed by atoms with Crippen LogP contribution < -0.4 is 0 Å². The molecule has 0 N–H and O–H groups in total. The Bertz CT molecular complexity index is 199. The van der Waals surface area contributed by atoms with E-state index < -0.39 is 0 Å². The molecule has 76 valence electrons. The molecule has 0 aliphatic heterocycles. The summed E-state index contributed by atoms with van der Waals surface area (Å²) in [5, 5.41) is 5.69. The summed E-state index contributed by atoms with van der Waals surface area (Å²) in [5.41, 5.74) is 0. The van der Waals surface area contributed by atoms with E-state index in [2.05, 4.69) is 5.10 Å². The first-order valence-corrected chi connectivity index (χ1v) is 4.49. The number of carbonyl (C=O) groups excluding carboxylic acids is 1. The molecule has 0 atom stereocenters. The lowest BCUT2D eigenvalue weighted by Gasteiger charge is -2.18. The maximum absolute atomic E-state index is 11.1. The summed E-state index contributed by atoms with van der Waals surface area (Å²) in [4.78, 5) is 13.0. The topological polar surface area (TPSA) is 35.9 Å². The highest BCUT2D eigenvalue weighted by Crippen LogP contribution is 1.95. The summed E-state index contributed by atoms with van der Waals surface area (Å²) in [5.74, 6) is 0.826. The maximum Gasteiger partial charge on any atom is 0.239 e. The number of carbonyl (C=O) groups is 1. The second-order valence-corrected chi connectivity index (χ2v) is 3.18. The van der Waals surface area contributed by atoms with Crippen LogP contribution in [0, 0.1) is 0 Å². The third-order valence-corrected chi connectivity index (χ3v) is 1.71. The van der Waals surface area contributed by atoms with Crippen molar-refractivity contribution in [3.63, 3.8) is 0 Å². The predicted molar refractivity (Wildman–Crippen MR) is 54.5 cm³/mol. The molecule has 0 heterocycles. The van der Waals surface area contributed by atoms with Gasteiger partial charge in [-0.25, -0.2) is 5.01 Å². The van der Waals surface area contributed by atoms with Gasteiger partial charge in [0.2, 0.25) is 5.91 Å². The van der Waals surface area contributed by atoms with Gasteiger partial charge in [-0.3, -0.25) is 4.79 Å². The van der Waals surface area contributed by atoms with E-state index in [1.165, 1.54) is 11.9 Å². The molecule has 0 radical (unpaired) electrons. The van der Waals surface area contributed by atoms with Gasteiger partial charge in [0.05, 0.1) is 0 Å². The van der Waals surface area contributed by atoms with Crippen molar-refractivity contribution in [1.29, 1.82) is 0 Å². The number of amides is 1. The number of hydrogen-bond donors (Lipinski definition) is 0. The predicted octanol–water partition coefficient (Wildman–Crippen LogP) is 1.14. The number of hydrogen-bond acceptors (Lipinski definition) is 2. The van der Waals surface area contributed by atoms with Crippen LogP contribution in [-0.2, 0) is 4.79 Å². The van der Waals surface area contributed by atoms with Crippen LogP contribution in [0.3, 0.4) is 0 Å². The van der Waals surface area contributed by atoms with Crippen molar-refractivity contribution in [2.75, 3.05) is 20.6 Å². The van der Waals surface area contributed by atoms with Gasteiger partial charge in [-0.1, -0.05) is 6.92 Å². The summed E-state index contributed by atoms with van der Waals surface area (Å²) < 4.78 is 0. The molecule has 0 fully saturated rings. The first-order valence-electron chi connectivity index (χ1n) is 4.49. The molecular weight excluding hydrogens is 166 g/mol.